The van der Waals surface area contributed by atoms with Gasteiger partial charge < -0.3 is 5.32 Å². The van der Waals surface area contributed by atoms with Crippen LogP contribution in [0.4, 0.5) is 0 Å². The molecule has 1 heterocycles. The lowest BCUT2D eigenvalue weighted by Crippen LogP contribution is -2.14. The molecule has 0 aliphatic rings. The Morgan fingerprint density at radius 2 is 2.06 bits per heavy atom. The average molecular weight is 265 g/mol. The zero-order chi connectivity index (χ0) is 13.3. The lowest BCUT2D eigenvalue weighted by atomic mass is 10.2. The van der Waals surface area contributed by atoms with Gasteiger partial charge in [0.25, 0.3) is 0 Å². The minimum Gasteiger partial charge on any atom is -0.312 e. The first-order valence-electron chi connectivity index (χ1n) is 5.90. The van der Waals surface area contributed by atoms with Crippen LogP contribution >= 0.6 is 11.6 Å². The summed E-state index contributed by atoms with van der Waals surface area (Å²) in [4.78, 5) is 0. The minimum atomic E-state index is 0.169. The number of hydrogen-bond donors (Lipinski definition) is 1. The number of benzene rings is 1. The van der Waals surface area contributed by atoms with Crippen LogP contribution in [-0.4, -0.2) is 22.0 Å². The van der Waals surface area contributed by atoms with E-state index in [1.54, 1.807) is 4.68 Å². The summed E-state index contributed by atoms with van der Waals surface area (Å²) in [6.07, 6.45) is 0. The topological polar surface area (TPSA) is 42.7 Å². The van der Waals surface area contributed by atoms with E-state index in [9.17, 15) is 0 Å². The fourth-order valence-corrected chi connectivity index (χ4v) is 2.21. The fourth-order valence-electron chi connectivity index (χ4n) is 1.89. The molecule has 0 aliphatic carbocycles. The van der Waals surface area contributed by atoms with Gasteiger partial charge in [0.15, 0.2) is 0 Å². The molecule has 0 saturated carbocycles. The largest absolute Gasteiger partial charge is 0.312 e. The van der Waals surface area contributed by atoms with E-state index in [0.29, 0.717) is 5.02 Å². The van der Waals surface area contributed by atoms with Crippen LogP contribution in [0.5, 0.6) is 0 Å². The zero-order valence-electron chi connectivity index (χ0n) is 11.0. The summed E-state index contributed by atoms with van der Waals surface area (Å²) in [6, 6.07) is 6.08. The summed E-state index contributed by atoms with van der Waals surface area (Å²) in [5.74, 6) is 0. The molecule has 96 valence electrons. The van der Waals surface area contributed by atoms with Crippen LogP contribution in [0.15, 0.2) is 18.2 Å². The summed E-state index contributed by atoms with van der Waals surface area (Å²) in [7, 11) is 1.90. The lowest BCUT2D eigenvalue weighted by molar-refractivity contribution is 0.627. The highest BCUT2D eigenvalue weighted by Crippen LogP contribution is 2.24. The van der Waals surface area contributed by atoms with Gasteiger partial charge in [-0.1, -0.05) is 22.9 Å². The minimum absolute atomic E-state index is 0.169. The molecule has 4 nitrogen and oxygen atoms in total. The van der Waals surface area contributed by atoms with Gasteiger partial charge in [-0.25, -0.2) is 4.68 Å². The van der Waals surface area contributed by atoms with E-state index in [2.05, 4.69) is 22.6 Å². The number of halogens is 1. The summed E-state index contributed by atoms with van der Waals surface area (Å²) < 4.78 is 1.78. The third-order valence-corrected chi connectivity index (χ3v) is 3.41. The van der Waals surface area contributed by atoms with Crippen LogP contribution in [0.1, 0.15) is 29.9 Å². The van der Waals surface area contributed by atoms with Crippen LogP contribution in [0, 0.1) is 13.8 Å². The molecular weight excluding hydrogens is 248 g/mol. The molecule has 1 unspecified atom stereocenters. The van der Waals surface area contributed by atoms with Crippen LogP contribution < -0.4 is 5.32 Å². The van der Waals surface area contributed by atoms with Gasteiger partial charge in [-0.2, -0.15) is 0 Å². The van der Waals surface area contributed by atoms with Crippen molar-refractivity contribution in [1.29, 1.82) is 0 Å². The molecule has 0 amide bonds. The van der Waals surface area contributed by atoms with Crippen molar-refractivity contribution in [1.82, 2.24) is 20.3 Å². The fraction of sp³-hybridized carbons (Fsp3) is 0.385. The van der Waals surface area contributed by atoms with Crippen molar-refractivity contribution >= 4 is 11.6 Å². The Kier molecular flexibility index (Phi) is 3.68. The highest BCUT2D eigenvalue weighted by atomic mass is 35.5. The molecule has 1 atom stereocenters. The predicted octanol–water partition coefficient (Wildman–Crippen LogP) is 2.82. The molecule has 2 aromatic rings. The van der Waals surface area contributed by atoms with Gasteiger partial charge in [0, 0.05) is 0 Å². The van der Waals surface area contributed by atoms with Crippen molar-refractivity contribution in [3.63, 3.8) is 0 Å². The standard InChI is InChI=1S/C13H17ClN4/c1-8-5-6-12(11(14)7-8)18-10(3)13(16-17-18)9(2)15-4/h5-7,9,15H,1-4H3. The summed E-state index contributed by atoms with van der Waals surface area (Å²) in [5.41, 5.74) is 3.93. The SMILES string of the molecule is CNC(C)c1nnn(-c2ccc(C)cc2Cl)c1C. The van der Waals surface area contributed by atoms with Crippen LogP contribution in [0.2, 0.25) is 5.02 Å². The van der Waals surface area contributed by atoms with Gasteiger partial charge in [0.1, 0.15) is 5.69 Å². The molecule has 0 spiro atoms. The van der Waals surface area contributed by atoms with Crippen molar-refractivity contribution < 1.29 is 0 Å². The maximum Gasteiger partial charge on any atom is 0.103 e. The molecule has 2 rings (SSSR count). The average Bonchev–Trinajstić information content (AvgIpc) is 2.70. The molecule has 0 aliphatic heterocycles. The molecule has 0 radical (unpaired) electrons. The van der Waals surface area contributed by atoms with Crippen molar-refractivity contribution in [2.24, 2.45) is 0 Å². The van der Waals surface area contributed by atoms with Crippen molar-refractivity contribution in [3.8, 4) is 5.69 Å². The predicted molar refractivity (Wildman–Crippen MR) is 73.3 cm³/mol. The maximum atomic E-state index is 6.25. The highest BCUT2D eigenvalue weighted by molar-refractivity contribution is 6.32. The molecule has 1 aromatic heterocycles. The normalized spacial score (nSPS) is 12.7. The Hall–Kier alpha value is -1.39. The summed E-state index contributed by atoms with van der Waals surface area (Å²) in [6.45, 7) is 6.07. The van der Waals surface area contributed by atoms with Gasteiger partial charge in [-0.15, -0.1) is 5.10 Å². The number of hydrogen-bond acceptors (Lipinski definition) is 3. The second-order valence-electron chi connectivity index (χ2n) is 4.44. The quantitative estimate of drug-likeness (QED) is 0.927. The first-order valence-corrected chi connectivity index (χ1v) is 6.28. The van der Waals surface area contributed by atoms with Gasteiger partial charge in [0.05, 0.1) is 22.4 Å². The summed E-state index contributed by atoms with van der Waals surface area (Å²) >= 11 is 6.25. The van der Waals surface area contributed by atoms with E-state index in [0.717, 1.165) is 22.6 Å². The molecule has 5 heteroatoms. The van der Waals surface area contributed by atoms with E-state index in [1.807, 2.05) is 39.1 Å². The van der Waals surface area contributed by atoms with E-state index in [-0.39, 0.29) is 6.04 Å². The number of aryl methyl sites for hydroxylation is 1. The number of aromatic nitrogens is 3. The molecule has 1 N–H and O–H groups in total. The molecule has 0 fully saturated rings. The van der Waals surface area contributed by atoms with Crippen LogP contribution in [-0.2, 0) is 0 Å². The number of rotatable bonds is 3. The van der Waals surface area contributed by atoms with Crippen molar-refractivity contribution in [2.45, 2.75) is 26.8 Å². The molecular formula is C13H17ClN4. The Bertz CT molecular complexity index is 562. The second kappa shape index (κ2) is 5.08. The Labute approximate surface area is 112 Å². The zero-order valence-corrected chi connectivity index (χ0v) is 11.8. The van der Waals surface area contributed by atoms with Gasteiger partial charge in [-0.05, 0) is 45.5 Å². The smallest absolute Gasteiger partial charge is 0.103 e. The Balaban J connectivity index is 2.49. The summed E-state index contributed by atoms with van der Waals surface area (Å²) in [5, 5.41) is 12.3. The molecule has 0 bridgehead atoms. The van der Waals surface area contributed by atoms with E-state index in [4.69, 9.17) is 11.6 Å². The first kappa shape index (κ1) is 13.1. The maximum absolute atomic E-state index is 6.25. The van der Waals surface area contributed by atoms with E-state index < -0.39 is 0 Å². The van der Waals surface area contributed by atoms with E-state index in [1.165, 1.54) is 0 Å². The van der Waals surface area contributed by atoms with Crippen molar-refractivity contribution in [3.05, 3.63) is 40.2 Å². The lowest BCUT2D eigenvalue weighted by Gasteiger charge is -2.09. The highest BCUT2D eigenvalue weighted by Gasteiger charge is 2.16. The van der Waals surface area contributed by atoms with Gasteiger partial charge >= 0.3 is 0 Å². The van der Waals surface area contributed by atoms with E-state index >= 15 is 0 Å². The molecule has 18 heavy (non-hydrogen) atoms. The Morgan fingerprint density at radius 1 is 1.33 bits per heavy atom. The second-order valence-corrected chi connectivity index (χ2v) is 4.84. The monoisotopic (exact) mass is 264 g/mol. The van der Waals surface area contributed by atoms with Gasteiger partial charge in [0.2, 0.25) is 0 Å². The number of nitrogens with zero attached hydrogens (tertiary/aromatic N) is 3. The third-order valence-electron chi connectivity index (χ3n) is 3.10. The first-order chi connectivity index (χ1) is 8.54. The van der Waals surface area contributed by atoms with Gasteiger partial charge in [-0.3, -0.25) is 0 Å². The van der Waals surface area contributed by atoms with Crippen LogP contribution in [0.3, 0.4) is 0 Å². The molecule has 1 aromatic carbocycles. The van der Waals surface area contributed by atoms with Crippen molar-refractivity contribution in [2.75, 3.05) is 7.05 Å². The van der Waals surface area contributed by atoms with Crippen LogP contribution in [0.25, 0.3) is 5.69 Å². The molecule has 0 saturated heterocycles. The number of nitrogens with one attached hydrogen (secondary N) is 1. The Morgan fingerprint density at radius 3 is 2.67 bits per heavy atom. The third kappa shape index (κ3) is 2.26.